The Morgan fingerprint density at radius 2 is 2.00 bits per heavy atom. The van der Waals surface area contributed by atoms with E-state index in [9.17, 15) is 0 Å². The minimum absolute atomic E-state index is 0.374. The summed E-state index contributed by atoms with van der Waals surface area (Å²) in [7, 11) is 0. The molecule has 1 aromatic rings. The molecule has 0 saturated carbocycles. The molecule has 0 amide bonds. The highest BCUT2D eigenvalue weighted by Gasteiger charge is 2.40. The number of nitrogens with two attached hydrogens (primary N) is 1. The molecule has 0 spiro atoms. The van der Waals surface area contributed by atoms with E-state index in [-0.39, 0.29) is 0 Å². The molecule has 2 unspecified atom stereocenters. The maximum absolute atomic E-state index is 6.06. The number of nitrogens with zero attached hydrogens (tertiary/aromatic N) is 3. The van der Waals surface area contributed by atoms with Crippen molar-refractivity contribution in [3.8, 4) is 0 Å². The van der Waals surface area contributed by atoms with Gasteiger partial charge in [0.25, 0.3) is 0 Å². The molecule has 86 valence electrons. The summed E-state index contributed by atoms with van der Waals surface area (Å²) in [5, 5.41) is 0. The zero-order valence-electron chi connectivity index (χ0n) is 9.63. The van der Waals surface area contributed by atoms with Crippen LogP contribution in [0.15, 0.2) is 12.3 Å². The van der Waals surface area contributed by atoms with Crippen LogP contribution in [0, 0.1) is 6.92 Å². The Bertz CT molecular complexity index is 378. The maximum atomic E-state index is 6.06. The van der Waals surface area contributed by atoms with Gasteiger partial charge in [0.15, 0.2) is 0 Å². The Hall–Kier alpha value is -1.16. The van der Waals surface area contributed by atoms with Gasteiger partial charge in [0.1, 0.15) is 0 Å². The van der Waals surface area contributed by atoms with E-state index in [2.05, 4.69) is 14.9 Å². The second-order valence-electron chi connectivity index (χ2n) is 5.02. The van der Waals surface area contributed by atoms with E-state index in [1.165, 1.54) is 12.8 Å². The highest BCUT2D eigenvalue weighted by molar-refractivity contribution is 5.37. The lowest BCUT2D eigenvalue weighted by Crippen LogP contribution is -2.48. The highest BCUT2D eigenvalue weighted by Crippen LogP contribution is 2.37. The quantitative estimate of drug-likeness (QED) is 0.770. The Morgan fingerprint density at radius 3 is 2.62 bits per heavy atom. The first-order valence-corrected chi connectivity index (χ1v) is 6.07. The van der Waals surface area contributed by atoms with Gasteiger partial charge >= 0.3 is 0 Å². The molecule has 1 aromatic heterocycles. The number of fused-ring (bicyclic) bond motifs is 2. The summed E-state index contributed by atoms with van der Waals surface area (Å²) >= 11 is 0. The molecule has 3 rings (SSSR count). The molecule has 0 aliphatic carbocycles. The second kappa shape index (κ2) is 3.70. The van der Waals surface area contributed by atoms with Gasteiger partial charge in [-0.2, -0.15) is 0 Å². The maximum Gasteiger partial charge on any atom is 0.226 e. The zero-order valence-corrected chi connectivity index (χ0v) is 9.63. The Kier molecular flexibility index (Phi) is 2.32. The summed E-state index contributed by atoms with van der Waals surface area (Å²) in [5.41, 5.74) is 7.10. The second-order valence-corrected chi connectivity index (χ2v) is 5.02. The largest absolute Gasteiger partial charge is 0.335 e. The molecule has 2 fully saturated rings. The Labute approximate surface area is 95.9 Å². The van der Waals surface area contributed by atoms with Gasteiger partial charge in [-0.25, -0.2) is 9.97 Å². The van der Waals surface area contributed by atoms with Gasteiger partial charge in [-0.15, -0.1) is 0 Å². The fraction of sp³-hybridized carbons (Fsp3) is 0.667. The van der Waals surface area contributed by atoms with Crippen LogP contribution >= 0.6 is 0 Å². The predicted octanol–water partition coefficient (Wildman–Crippen LogP) is 1.24. The molecule has 2 N–H and O–H groups in total. The van der Waals surface area contributed by atoms with Crippen LogP contribution in [0.25, 0.3) is 0 Å². The summed E-state index contributed by atoms with van der Waals surface area (Å²) in [5.74, 6) is 0.902. The van der Waals surface area contributed by atoms with Crippen molar-refractivity contribution in [1.82, 2.24) is 9.97 Å². The van der Waals surface area contributed by atoms with Gasteiger partial charge in [-0.05, 0) is 38.7 Å². The minimum atomic E-state index is 0.374. The molecule has 2 aliphatic rings. The van der Waals surface area contributed by atoms with Gasteiger partial charge in [0.05, 0.1) is 0 Å². The van der Waals surface area contributed by atoms with Crippen LogP contribution in [0.4, 0.5) is 5.95 Å². The van der Waals surface area contributed by atoms with Crippen LogP contribution in [-0.4, -0.2) is 28.1 Å². The first kappa shape index (κ1) is 10.0. The van der Waals surface area contributed by atoms with Crippen LogP contribution in [-0.2, 0) is 0 Å². The lowest BCUT2D eigenvalue weighted by atomic mass is 9.99. The van der Waals surface area contributed by atoms with Crippen molar-refractivity contribution in [2.45, 2.75) is 50.7 Å². The number of hydrogen-bond acceptors (Lipinski definition) is 4. The zero-order chi connectivity index (χ0) is 11.1. The molecule has 3 heterocycles. The molecule has 0 radical (unpaired) electrons. The predicted molar refractivity (Wildman–Crippen MR) is 63.3 cm³/mol. The molecule has 2 bridgehead atoms. The lowest BCUT2D eigenvalue weighted by Gasteiger charge is -2.37. The molecular formula is C12H18N4. The first-order chi connectivity index (χ1) is 7.74. The molecule has 2 atom stereocenters. The van der Waals surface area contributed by atoms with Crippen LogP contribution < -0.4 is 10.6 Å². The van der Waals surface area contributed by atoms with E-state index in [1.54, 1.807) is 0 Å². The molecule has 16 heavy (non-hydrogen) atoms. The van der Waals surface area contributed by atoms with E-state index >= 15 is 0 Å². The average Bonchev–Trinajstić information content (AvgIpc) is 2.51. The third-order valence-electron chi connectivity index (χ3n) is 3.78. The molecule has 4 nitrogen and oxygen atoms in total. The third-order valence-corrected chi connectivity index (χ3v) is 3.78. The number of piperidine rings is 1. The van der Waals surface area contributed by atoms with Crippen molar-refractivity contribution in [3.05, 3.63) is 18.0 Å². The van der Waals surface area contributed by atoms with Gasteiger partial charge in [-0.1, -0.05) is 0 Å². The SMILES string of the molecule is Cc1ccnc(N2C3CCC2CC(N)C3)n1. The van der Waals surface area contributed by atoms with E-state index in [0.29, 0.717) is 18.1 Å². The van der Waals surface area contributed by atoms with Crippen molar-refractivity contribution in [3.63, 3.8) is 0 Å². The van der Waals surface area contributed by atoms with Crippen LogP contribution in [0.5, 0.6) is 0 Å². The van der Waals surface area contributed by atoms with Crippen molar-refractivity contribution >= 4 is 5.95 Å². The standard InChI is InChI=1S/C12H18N4/c1-8-4-5-14-12(15-8)16-10-2-3-11(16)7-9(13)6-10/h4-5,9-11H,2-3,6-7,13H2,1H3. The Morgan fingerprint density at radius 1 is 1.31 bits per heavy atom. The number of hydrogen-bond donors (Lipinski definition) is 1. The fourth-order valence-corrected chi connectivity index (χ4v) is 3.11. The summed E-state index contributed by atoms with van der Waals surface area (Å²) in [6, 6.07) is 3.45. The average molecular weight is 218 g/mol. The summed E-state index contributed by atoms with van der Waals surface area (Å²) in [6.07, 6.45) is 6.53. The number of aromatic nitrogens is 2. The van der Waals surface area contributed by atoms with Gasteiger partial charge in [0, 0.05) is 30.0 Å². The van der Waals surface area contributed by atoms with Gasteiger partial charge in [0.2, 0.25) is 5.95 Å². The minimum Gasteiger partial charge on any atom is -0.335 e. The van der Waals surface area contributed by atoms with Crippen molar-refractivity contribution in [1.29, 1.82) is 0 Å². The molecule has 4 heteroatoms. The smallest absolute Gasteiger partial charge is 0.226 e. The Balaban J connectivity index is 1.91. The monoisotopic (exact) mass is 218 g/mol. The van der Waals surface area contributed by atoms with Crippen molar-refractivity contribution in [2.24, 2.45) is 5.73 Å². The summed E-state index contributed by atoms with van der Waals surface area (Å²) in [4.78, 5) is 11.3. The van der Waals surface area contributed by atoms with Crippen LogP contribution in [0.1, 0.15) is 31.4 Å². The topological polar surface area (TPSA) is 55.0 Å². The van der Waals surface area contributed by atoms with Gasteiger partial charge < -0.3 is 10.6 Å². The normalized spacial score (nSPS) is 33.1. The highest BCUT2D eigenvalue weighted by atomic mass is 15.3. The summed E-state index contributed by atoms with van der Waals surface area (Å²) in [6.45, 7) is 2.02. The first-order valence-electron chi connectivity index (χ1n) is 6.07. The molecule has 2 saturated heterocycles. The van der Waals surface area contributed by atoms with E-state index < -0.39 is 0 Å². The molecule has 0 aromatic carbocycles. The summed E-state index contributed by atoms with van der Waals surface area (Å²) < 4.78 is 0. The van der Waals surface area contributed by atoms with Gasteiger partial charge in [-0.3, -0.25) is 0 Å². The molecular weight excluding hydrogens is 200 g/mol. The van der Waals surface area contributed by atoms with E-state index in [0.717, 1.165) is 24.5 Å². The number of anilines is 1. The van der Waals surface area contributed by atoms with Crippen molar-refractivity contribution < 1.29 is 0 Å². The molecule has 2 aliphatic heterocycles. The fourth-order valence-electron chi connectivity index (χ4n) is 3.11. The van der Waals surface area contributed by atoms with Crippen molar-refractivity contribution in [2.75, 3.05) is 4.90 Å². The third kappa shape index (κ3) is 1.57. The number of aryl methyl sites for hydroxylation is 1. The van der Waals surface area contributed by atoms with Crippen LogP contribution in [0.3, 0.4) is 0 Å². The number of rotatable bonds is 1. The van der Waals surface area contributed by atoms with Crippen LogP contribution in [0.2, 0.25) is 0 Å². The van der Waals surface area contributed by atoms with E-state index in [4.69, 9.17) is 5.73 Å². The lowest BCUT2D eigenvalue weighted by molar-refractivity contribution is 0.409. The van der Waals surface area contributed by atoms with E-state index in [1.807, 2.05) is 19.2 Å².